The van der Waals surface area contributed by atoms with E-state index in [1.54, 1.807) is 0 Å². The van der Waals surface area contributed by atoms with Gasteiger partial charge in [0.2, 0.25) is 0 Å². The minimum atomic E-state index is 0.0144. The molecule has 0 amide bonds. The van der Waals surface area contributed by atoms with Crippen molar-refractivity contribution in [1.29, 1.82) is 0 Å². The van der Waals surface area contributed by atoms with Gasteiger partial charge in [-0.1, -0.05) is 30.3 Å². The Bertz CT molecular complexity index is 576. The van der Waals surface area contributed by atoms with E-state index in [9.17, 15) is 0 Å². The van der Waals surface area contributed by atoms with Crippen LogP contribution in [0.4, 0.5) is 0 Å². The fourth-order valence-electron chi connectivity index (χ4n) is 2.91. The summed E-state index contributed by atoms with van der Waals surface area (Å²) in [6, 6.07) is 13.4. The molecule has 0 bridgehead atoms. The number of rotatable bonds is 4. The summed E-state index contributed by atoms with van der Waals surface area (Å²) in [6.07, 6.45) is 2.20. The van der Waals surface area contributed by atoms with Crippen molar-refractivity contribution in [3.63, 3.8) is 0 Å². The van der Waals surface area contributed by atoms with Crippen LogP contribution in [0.2, 0.25) is 0 Å². The molecule has 1 aromatic carbocycles. The monoisotopic (exact) mass is 301 g/mol. The lowest BCUT2D eigenvalue weighted by Crippen LogP contribution is -2.43. The number of ether oxygens (including phenoxy) is 1. The highest BCUT2D eigenvalue weighted by Crippen LogP contribution is 2.27. The minimum absolute atomic E-state index is 0.0144. The topological polar surface area (TPSA) is 21.3 Å². The lowest BCUT2D eigenvalue weighted by atomic mass is 9.94. The van der Waals surface area contributed by atoms with Crippen molar-refractivity contribution in [3.05, 3.63) is 46.7 Å². The zero-order valence-electron chi connectivity index (χ0n) is 12.8. The van der Waals surface area contributed by atoms with Gasteiger partial charge in [-0.05, 0) is 49.3 Å². The van der Waals surface area contributed by atoms with E-state index in [2.05, 4.69) is 60.9 Å². The van der Waals surface area contributed by atoms with Crippen LogP contribution >= 0.6 is 11.3 Å². The molecule has 112 valence electrons. The van der Waals surface area contributed by atoms with Gasteiger partial charge in [-0.2, -0.15) is 0 Å². The maximum absolute atomic E-state index is 5.77. The van der Waals surface area contributed by atoms with Crippen LogP contribution in [0.25, 0.3) is 11.1 Å². The van der Waals surface area contributed by atoms with Crippen molar-refractivity contribution in [3.8, 4) is 11.1 Å². The lowest BCUT2D eigenvalue weighted by Gasteiger charge is -2.35. The van der Waals surface area contributed by atoms with Crippen LogP contribution in [0.1, 0.15) is 31.6 Å². The molecule has 1 unspecified atom stereocenters. The summed E-state index contributed by atoms with van der Waals surface area (Å²) in [4.78, 5) is 1.40. The molecular weight excluding hydrogens is 278 g/mol. The molecule has 2 aromatic rings. The minimum Gasteiger partial charge on any atom is -0.375 e. The Kier molecular flexibility index (Phi) is 4.43. The van der Waals surface area contributed by atoms with E-state index < -0.39 is 0 Å². The second-order valence-electron chi connectivity index (χ2n) is 6.35. The molecule has 0 saturated carbocycles. The number of nitrogens with one attached hydrogen (secondary N) is 1. The first-order chi connectivity index (χ1) is 10.1. The zero-order valence-corrected chi connectivity index (χ0v) is 13.6. The summed E-state index contributed by atoms with van der Waals surface area (Å²) in [7, 11) is 0. The van der Waals surface area contributed by atoms with Crippen LogP contribution in [0.5, 0.6) is 0 Å². The Morgan fingerprint density at radius 2 is 2.05 bits per heavy atom. The average molecular weight is 301 g/mol. The highest BCUT2D eigenvalue weighted by Gasteiger charge is 2.28. The van der Waals surface area contributed by atoms with Crippen molar-refractivity contribution in [2.24, 2.45) is 0 Å². The van der Waals surface area contributed by atoms with Gasteiger partial charge in [0.15, 0.2) is 0 Å². The van der Waals surface area contributed by atoms with Gasteiger partial charge in [0.1, 0.15) is 0 Å². The largest absolute Gasteiger partial charge is 0.375 e. The summed E-state index contributed by atoms with van der Waals surface area (Å²) in [5, 5.41) is 5.94. The fourth-order valence-corrected chi connectivity index (χ4v) is 3.75. The number of hydrogen-bond acceptors (Lipinski definition) is 3. The molecule has 1 fully saturated rings. The number of hydrogen-bond donors (Lipinski definition) is 1. The summed E-state index contributed by atoms with van der Waals surface area (Å²) in [6.45, 7) is 6.18. The Labute approximate surface area is 131 Å². The van der Waals surface area contributed by atoms with E-state index in [0.717, 1.165) is 26.0 Å². The third-order valence-corrected chi connectivity index (χ3v) is 4.96. The predicted octanol–water partition coefficient (Wildman–Crippen LogP) is 4.46. The number of thiophene rings is 1. The third-order valence-electron chi connectivity index (χ3n) is 4.02. The summed E-state index contributed by atoms with van der Waals surface area (Å²) in [5.41, 5.74) is 2.64. The first-order valence-corrected chi connectivity index (χ1v) is 8.50. The molecule has 1 aliphatic heterocycles. The van der Waals surface area contributed by atoms with Gasteiger partial charge in [0.05, 0.1) is 5.60 Å². The SMILES string of the molecule is CC1(C)CC(NCc2cc(-c3ccccc3)cs2)CCO1. The maximum Gasteiger partial charge on any atom is 0.0641 e. The third kappa shape index (κ3) is 3.94. The molecule has 1 N–H and O–H groups in total. The van der Waals surface area contributed by atoms with Gasteiger partial charge < -0.3 is 10.1 Å². The van der Waals surface area contributed by atoms with E-state index in [1.807, 2.05) is 11.3 Å². The smallest absolute Gasteiger partial charge is 0.0641 e. The highest BCUT2D eigenvalue weighted by molar-refractivity contribution is 7.10. The summed E-state index contributed by atoms with van der Waals surface area (Å²) < 4.78 is 5.77. The van der Waals surface area contributed by atoms with Gasteiger partial charge in [-0.3, -0.25) is 0 Å². The summed E-state index contributed by atoms with van der Waals surface area (Å²) in [5.74, 6) is 0. The molecule has 3 rings (SSSR count). The van der Waals surface area contributed by atoms with Crippen molar-refractivity contribution >= 4 is 11.3 Å². The van der Waals surface area contributed by atoms with Gasteiger partial charge in [0, 0.05) is 24.1 Å². The van der Waals surface area contributed by atoms with Crippen molar-refractivity contribution in [2.75, 3.05) is 6.61 Å². The van der Waals surface area contributed by atoms with E-state index in [1.165, 1.54) is 16.0 Å². The quantitative estimate of drug-likeness (QED) is 0.900. The predicted molar refractivity (Wildman–Crippen MR) is 89.6 cm³/mol. The van der Waals surface area contributed by atoms with Crippen molar-refractivity contribution in [1.82, 2.24) is 5.32 Å². The molecule has 1 atom stereocenters. The molecule has 1 aliphatic rings. The molecule has 1 aromatic heterocycles. The average Bonchev–Trinajstić information content (AvgIpc) is 2.94. The van der Waals surface area contributed by atoms with E-state index in [-0.39, 0.29) is 5.60 Å². The van der Waals surface area contributed by atoms with E-state index in [4.69, 9.17) is 4.74 Å². The van der Waals surface area contributed by atoms with E-state index in [0.29, 0.717) is 6.04 Å². The second-order valence-corrected chi connectivity index (χ2v) is 7.34. The van der Waals surface area contributed by atoms with Gasteiger partial charge in [-0.15, -0.1) is 11.3 Å². The highest BCUT2D eigenvalue weighted by atomic mass is 32.1. The maximum atomic E-state index is 5.77. The fraction of sp³-hybridized carbons (Fsp3) is 0.444. The molecule has 3 heteroatoms. The van der Waals surface area contributed by atoms with Crippen LogP contribution < -0.4 is 5.32 Å². The lowest BCUT2D eigenvalue weighted by molar-refractivity contribution is -0.0630. The van der Waals surface area contributed by atoms with Gasteiger partial charge in [-0.25, -0.2) is 0 Å². The van der Waals surface area contributed by atoms with Gasteiger partial charge >= 0.3 is 0 Å². The molecule has 1 saturated heterocycles. The number of benzene rings is 1. The van der Waals surface area contributed by atoms with Gasteiger partial charge in [0.25, 0.3) is 0 Å². The second kappa shape index (κ2) is 6.30. The summed E-state index contributed by atoms with van der Waals surface area (Å²) >= 11 is 1.84. The van der Waals surface area contributed by atoms with Crippen LogP contribution in [0.15, 0.2) is 41.8 Å². The molecule has 0 radical (unpaired) electrons. The zero-order chi connectivity index (χ0) is 14.7. The first kappa shape index (κ1) is 14.8. The molecule has 21 heavy (non-hydrogen) atoms. The molecule has 0 spiro atoms. The van der Waals surface area contributed by atoms with Crippen LogP contribution in [0, 0.1) is 0 Å². The Balaban J connectivity index is 1.58. The Hall–Kier alpha value is -1.16. The standard InChI is InChI=1S/C18H23NOS/c1-18(2)11-16(8-9-20-18)19-12-17-10-15(13-21-17)14-6-4-3-5-7-14/h3-7,10,13,16,19H,8-9,11-12H2,1-2H3. The molecule has 0 aliphatic carbocycles. The first-order valence-electron chi connectivity index (χ1n) is 7.63. The molecular formula is C18H23NOS. The van der Waals surface area contributed by atoms with Crippen molar-refractivity contribution in [2.45, 2.75) is 44.9 Å². The normalized spacial score (nSPS) is 21.3. The van der Waals surface area contributed by atoms with Crippen LogP contribution in [-0.2, 0) is 11.3 Å². The van der Waals surface area contributed by atoms with E-state index >= 15 is 0 Å². The van der Waals surface area contributed by atoms with Crippen molar-refractivity contribution < 1.29 is 4.74 Å². The Morgan fingerprint density at radius 3 is 2.81 bits per heavy atom. The Morgan fingerprint density at radius 1 is 1.24 bits per heavy atom. The molecule has 2 heterocycles. The van der Waals surface area contributed by atoms with Crippen LogP contribution in [-0.4, -0.2) is 18.2 Å². The van der Waals surface area contributed by atoms with Crippen LogP contribution in [0.3, 0.4) is 0 Å². The molecule has 2 nitrogen and oxygen atoms in total.